The fourth-order valence-electron chi connectivity index (χ4n) is 2.78. The first kappa shape index (κ1) is 15.0. The highest BCUT2D eigenvalue weighted by molar-refractivity contribution is 6.30. The van der Waals surface area contributed by atoms with Crippen LogP contribution in [0.2, 0.25) is 5.02 Å². The van der Waals surface area contributed by atoms with E-state index in [2.05, 4.69) is 20.8 Å². The number of aromatic nitrogens is 4. The largest absolute Gasteiger partial charge is 0.347 e. The molecule has 1 amide bonds. The van der Waals surface area contributed by atoms with E-state index >= 15 is 0 Å². The lowest BCUT2D eigenvalue weighted by Crippen LogP contribution is -2.50. The number of carbonyl (C=O) groups excluding carboxylic acids is 1. The molecule has 1 heterocycles. The zero-order valence-corrected chi connectivity index (χ0v) is 13.2. The maximum atomic E-state index is 12.3. The second-order valence-electron chi connectivity index (χ2n) is 5.69. The predicted octanol–water partition coefficient (Wildman–Crippen LogP) is 2.22. The van der Waals surface area contributed by atoms with Crippen LogP contribution in [0.3, 0.4) is 0 Å². The van der Waals surface area contributed by atoms with E-state index in [9.17, 15) is 4.79 Å². The van der Waals surface area contributed by atoms with Gasteiger partial charge in [0.25, 0.3) is 0 Å². The van der Waals surface area contributed by atoms with E-state index in [4.69, 9.17) is 11.6 Å². The Morgan fingerprint density at radius 1 is 1.36 bits per heavy atom. The van der Waals surface area contributed by atoms with E-state index in [1.807, 2.05) is 31.2 Å². The van der Waals surface area contributed by atoms with Gasteiger partial charge >= 0.3 is 0 Å². The lowest BCUT2D eigenvalue weighted by Gasteiger charge is -2.43. The minimum atomic E-state index is -0.239. The normalized spacial score (nSPS) is 16.1. The number of aryl methyl sites for hydroxylation is 2. The molecule has 1 aromatic carbocycles. The molecule has 0 atom stereocenters. The number of halogens is 1. The van der Waals surface area contributed by atoms with Crippen LogP contribution >= 0.6 is 11.6 Å². The molecule has 22 heavy (non-hydrogen) atoms. The molecular weight excluding hydrogens is 302 g/mol. The third-order valence-electron chi connectivity index (χ3n) is 4.24. The fourth-order valence-corrected chi connectivity index (χ4v) is 2.90. The first-order chi connectivity index (χ1) is 10.6. The summed E-state index contributed by atoms with van der Waals surface area (Å²) in [6.45, 7) is 2.31. The topological polar surface area (TPSA) is 72.7 Å². The third-order valence-corrected chi connectivity index (χ3v) is 4.50. The number of nitrogens with zero attached hydrogens (tertiary/aromatic N) is 4. The second-order valence-corrected chi connectivity index (χ2v) is 6.13. The summed E-state index contributed by atoms with van der Waals surface area (Å²) in [6.07, 6.45) is 3.41. The van der Waals surface area contributed by atoms with Crippen LogP contribution < -0.4 is 5.32 Å². The van der Waals surface area contributed by atoms with Gasteiger partial charge in [0.1, 0.15) is 5.82 Å². The van der Waals surface area contributed by atoms with Crippen molar-refractivity contribution in [2.45, 2.75) is 44.7 Å². The summed E-state index contributed by atoms with van der Waals surface area (Å²) in [4.78, 5) is 12.3. The van der Waals surface area contributed by atoms with Crippen molar-refractivity contribution in [1.29, 1.82) is 0 Å². The highest BCUT2D eigenvalue weighted by Crippen LogP contribution is 2.41. The van der Waals surface area contributed by atoms with E-state index in [-0.39, 0.29) is 11.4 Å². The van der Waals surface area contributed by atoms with Gasteiger partial charge in [0.05, 0.1) is 12.1 Å². The molecule has 2 aromatic rings. The number of benzene rings is 1. The molecule has 1 fully saturated rings. The van der Waals surface area contributed by atoms with Gasteiger partial charge in [-0.3, -0.25) is 4.79 Å². The van der Waals surface area contributed by atoms with Crippen LogP contribution in [0, 0.1) is 6.92 Å². The Kier molecular flexibility index (Phi) is 4.11. The van der Waals surface area contributed by atoms with E-state index in [1.165, 1.54) is 0 Å². The molecule has 0 unspecified atom stereocenters. The van der Waals surface area contributed by atoms with Gasteiger partial charge in [-0.25, -0.2) is 4.68 Å². The van der Waals surface area contributed by atoms with Crippen molar-refractivity contribution in [2.24, 2.45) is 0 Å². The van der Waals surface area contributed by atoms with E-state index < -0.39 is 0 Å². The van der Waals surface area contributed by atoms with E-state index in [0.717, 1.165) is 24.8 Å². The van der Waals surface area contributed by atoms with Gasteiger partial charge in [-0.05, 0) is 54.3 Å². The summed E-state index contributed by atoms with van der Waals surface area (Å²) in [7, 11) is 0. The van der Waals surface area contributed by atoms with Crippen LogP contribution in [-0.4, -0.2) is 26.1 Å². The summed E-state index contributed by atoms with van der Waals surface area (Å²) >= 11 is 5.94. The SMILES string of the molecule is Cc1nnnn1CCC(=O)NC1(c2ccc(Cl)cc2)CCC1. The van der Waals surface area contributed by atoms with Crippen molar-refractivity contribution in [3.63, 3.8) is 0 Å². The molecule has 0 saturated heterocycles. The van der Waals surface area contributed by atoms with Gasteiger partial charge in [0.15, 0.2) is 0 Å². The van der Waals surface area contributed by atoms with Crippen LogP contribution in [0.25, 0.3) is 0 Å². The maximum Gasteiger partial charge on any atom is 0.222 e. The zero-order chi connectivity index (χ0) is 15.6. The van der Waals surface area contributed by atoms with Gasteiger partial charge in [-0.1, -0.05) is 23.7 Å². The van der Waals surface area contributed by atoms with E-state index in [0.29, 0.717) is 23.8 Å². The second kappa shape index (κ2) is 6.04. The van der Waals surface area contributed by atoms with Crippen molar-refractivity contribution in [3.05, 3.63) is 40.7 Å². The molecule has 1 aliphatic carbocycles. The molecule has 6 nitrogen and oxygen atoms in total. The summed E-state index contributed by atoms with van der Waals surface area (Å²) in [5.74, 6) is 0.730. The van der Waals surface area contributed by atoms with Crippen molar-refractivity contribution >= 4 is 17.5 Å². The molecule has 3 rings (SSSR count). The number of hydrogen-bond acceptors (Lipinski definition) is 4. The Morgan fingerprint density at radius 2 is 2.09 bits per heavy atom. The molecule has 0 aliphatic heterocycles. The molecule has 1 N–H and O–H groups in total. The zero-order valence-electron chi connectivity index (χ0n) is 12.4. The fraction of sp³-hybridized carbons (Fsp3) is 0.467. The average molecular weight is 320 g/mol. The summed E-state index contributed by atoms with van der Waals surface area (Å²) < 4.78 is 1.63. The molecule has 0 bridgehead atoms. The van der Waals surface area contributed by atoms with Gasteiger partial charge in [0.2, 0.25) is 5.91 Å². The standard InChI is InChI=1S/C15H18ClN5O/c1-11-18-19-20-21(11)10-7-14(22)17-15(8-2-9-15)12-3-5-13(16)6-4-12/h3-6H,2,7-10H2,1H3,(H,17,22). The molecule has 116 valence electrons. The van der Waals surface area contributed by atoms with Crippen molar-refractivity contribution in [3.8, 4) is 0 Å². The smallest absolute Gasteiger partial charge is 0.222 e. The summed E-state index contributed by atoms with van der Waals surface area (Å²) in [5, 5.41) is 15.1. The monoisotopic (exact) mass is 319 g/mol. The van der Waals surface area contributed by atoms with Gasteiger partial charge < -0.3 is 5.32 Å². The van der Waals surface area contributed by atoms with Crippen LogP contribution in [0.1, 0.15) is 37.1 Å². The summed E-state index contributed by atoms with van der Waals surface area (Å²) in [5.41, 5.74) is 0.882. The van der Waals surface area contributed by atoms with Crippen LogP contribution in [0.5, 0.6) is 0 Å². The maximum absolute atomic E-state index is 12.3. The number of carbonyl (C=O) groups is 1. The van der Waals surface area contributed by atoms with E-state index in [1.54, 1.807) is 4.68 Å². The highest BCUT2D eigenvalue weighted by Gasteiger charge is 2.39. The van der Waals surface area contributed by atoms with Gasteiger partial charge in [-0.2, -0.15) is 0 Å². The quantitative estimate of drug-likeness (QED) is 0.917. The molecule has 7 heteroatoms. The number of hydrogen-bond donors (Lipinski definition) is 1. The minimum absolute atomic E-state index is 0.0181. The lowest BCUT2D eigenvalue weighted by molar-refractivity contribution is -0.124. The molecule has 1 saturated carbocycles. The minimum Gasteiger partial charge on any atom is -0.347 e. The molecular formula is C15H18ClN5O. The predicted molar refractivity (Wildman–Crippen MR) is 82.3 cm³/mol. The number of nitrogens with one attached hydrogen (secondary N) is 1. The molecule has 1 aromatic heterocycles. The Labute approximate surface area is 133 Å². The van der Waals surface area contributed by atoms with Crippen molar-refractivity contribution < 1.29 is 4.79 Å². The van der Waals surface area contributed by atoms with Gasteiger partial charge in [-0.15, -0.1) is 5.10 Å². The number of amides is 1. The number of rotatable bonds is 5. The van der Waals surface area contributed by atoms with Gasteiger partial charge in [0, 0.05) is 11.4 Å². The Morgan fingerprint density at radius 3 is 2.64 bits per heavy atom. The first-order valence-electron chi connectivity index (χ1n) is 7.39. The van der Waals surface area contributed by atoms with Crippen LogP contribution in [-0.2, 0) is 16.9 Å². The molecule has 1 aliphatic rings. The Bertz CT molecular complexity index is 663. The number of tetrazole rings is 1. The van der Waals surface area contributed by atoms with Crippen molar-refractivity contribution in [2.75, 3.05) is 0 Å². The summed E-state index contributed by atoms with van der Waals surface area (Å²) in [6, 6.07) is 7.72. The third kappa shape index (κ3) is 2.97. The van der Waals surface area contributed by atoms with Crippen LogP contribution in [0.15, 0.2) is 24.3 Å². The Balaban J connectivity index is 1.64. The van der Waals surface area contributed by atoms with Crippen LogP contribution in [0.4, 0.5) is 0 Å². The highest BCUT2D eigenvalue weighted by atomic mass is 35.5. The first-order valence-corrected chi connectivity index (χ1v) is 7.77. The van der Waals surface area contributed by atoms with Crippen molar-refractivity contribution in [1.82, 2.24) is 25.5 Å². The molecule has 0 radical (unpaired) electrons. The molecule has 0 spiro atoms. The lowest BCUT2D eigenvalue weighted by atomic mass is 9.71. The average Bonchev–Trinajstić information content (AvgIpc) is 2.87. The Hall–Kier alpha value is -1.95.